The molecule has 24 saturated heterocycles. The number of carbonyl (C=O) groups excluding carboxylic acids is 6. The summed E-state index contributed by atoms with van der Waals surface area (Å²) in [7, 11) is 0. The van der Waals surface area contributed by atoms with E-state index in [2.05, 4.69) is 0 Å². The maximum absolute atomic E-state index is 12.2. The molecule has 123 heavy (non-hydrogen) atoms. The summed E-state index contributed by atoms with van der Waals surface area (Å²) in [6.07, 6.45) is -82.4. The number of carboxylic acid groups (broad SMARTS) is 6. The second-order valence-corrected chi connectivity index (χ2v) is 36.7. The fourth-order valence-corrected chi connectivity index (χ4v) is 21.2. The van der Waals surface area contributed by atoms with Gasteiger partial charge in [-0.2, -0.15) is 82.3 Å². The van der Waals surface area contributed by atoms with Crippen LogP contribution in [-0.4, -0.2) is 444 Å². The van der Waals surface area contributed by atoms with Crippen LogP contribution < -0.4 is 208 Å². The van der Waals surface area contributed by atoms with E-state index >= 15 is 0 Å². The first kappa shape index (κ1) is 119. The summed E-state index contributed by atoms with van der Waals surface area (Å²) >= 11 is 6.17. The van der Waals surface area contributed by atoms with Crippen LogP contribution in [0.3, 0.4) is 0 Å². The van der Waals surface area contributed by atoms with E-state index < -0.39 is 331 Å². The van der Waals surface area contributed by atoms with Crippen LogP contribution in [0.4, 0.5) is 0 Å². The Morgan fingerprint density at radius 3 is 0.512 bits per heavy atom. The van der Waals surface area contributed by atoms with Crippen molar-refractivity contribution in [2.75, 3.05) is 80.5 Å². The Kier molecular flexibility index (Phi) is 55.8. The van der Waals surface area contributed by atoms with Crippen molar-refractivity contribution >= 4 is 118 Å². The average Bonchev–Trinajstić information content (AvgIpc) is 1.43. The standard InChI is InChI=1S/C66H102O44S7.6Na/c67-29(68)1-7-111-13-21-51-36(80)44(88)60(96-21)105-53-23(15-113-9-3-31(71)72)98-62(46(90)38(53)82)107-55-25(17-115-11-5-33(75)76)100-64(48(92)40(55)84)109-57-27-19-117-20-28-58(110-66(102-27)50(94)42(57)86)41(85)49(93)65(101-28)108-56-26(18-116-12-6-34(77)78)99-63(47(91)39(56)83)106-54-24(16-114-10-4-32(73)74)97-61(45(89)37(54)81)104-52-22(14-112-8-2-30(69)70)95-59(103-51)43(87)35(52)79;;;;;;/h21-28,35-66,79-94H,1-20H2,(H,67,68)(H,69,70)(H,71,72)(H,73,74)(H,75,76)(H,77,78);;;;;;/q;6*+1/p-6/t21-,22-,23-,24-,25-,26-,27-,28-,35-,36-,37-,38-,39-,40-,41-,42-,43-,44-,45-,46-,47-,48-,49-,50-,51-,52-,53-,54-,55-,56-,57-,58-,59-,60-,61-,62-,63-,64-,65-,66-;;;;;;/m1....../s1. The van der Waals surface area contributed by atoms with Crippen molar-refractivity contribution in [3.05, 3.63) is 0 Å². The van der Waals surface area contributed by atoms with Gasteiger partial charge in [0.05, 0.1) is 48.8 Å². The van der Waals surface area contributed by atoms with Crippen molar-refractivity contribution in [2.24, 2.45) is 0 Å². The quantitative estimate of drug-likeness (QED) is 0.0235. The fourth-order valence-electron chi connectivity index (χ4n) is 14.2. The molecule has 24 aliphatic heterocycles. The number of hydrogen-bond acceptors (Lipinski definition) is 51. The molecule has 24 heterocycles. The van der Waals surface area contributed by atoms with E-state index in [1.807, 2.05) is 0 Å². The topological polar surface area (TPSA) is 712 Å². The molecule has 0 unspecified atom stereocenters. The van der Waals surface area contributed by atoms with Crippen molar-refractivity contribution in [1.29, 1.82) is 0 Å². The molecule has 16 bridgehead atoms. The third-order valence-electron chi connectivity index (χ3n) is 20.4. The molecule has 0 aromatic carbocycles. The van der Waals surface area contributed by atoms with E-state index in [4.69, 9.17) is 75.8 Å². The van der Waals surface area contributed by atoms with Crippen molar-refractivity contribution in [3.63, 3.8) is 0 Å². The molecule has 0 amide bonds. The number of hydrogen-bond donors (Lipinski definition) is 16. The molecule has 0 saturated carbocycles. The number of ether oxygens (including phenoxy) is 16. The van der Waals surface area contributed by atoms with Gasteiger partial charge in [-0.15, -0.1) is 0 Å². The molecule has 57 heteroatoms. The van der Waals surface area contributed by atoms with Crippen molar-refractivity contribution in [3.8, 4) is 0 Å². The van der Waals surface area contributed by atoms with Crippen LogP contribution in [0, 0.1) is 0 Å². The fraction of sp³-hybridized carbons (Fsp3) is 0.909. The molecule has 16 N–H and O–H groups in total. The third kappa shape index (κ3) is 32.5. The molecular formula is C66H96Na6O44S7. The number of carboxylic acids is 6. The van der Waals surface area contributed by atoms with Gasteiger partial charge in [0.2, 0.25) is 0 Å². The van der Waals surface area contributed by atoms with E-state index in [-0.39, 0.29) is 246 Å². The molecule has 24 fully saturated rings. The maximum Gasteiger partial charge on any atom is 1.00 e. The average molecular weight is 1960 g/mol. The molecular weight excluding hydrogens is 1860 g/mol. The van der Waals surface area contributed by atoms with Crippen molar-refractivity contribution in [2.45, 2.75) is 284 Å². The molecule has 0 spiro atoms. The number of fused-ring (bicyclic) bond motifs is 2. The SMILES string of the molecule is O=C([O-])CCSC[C@H]1O[C@@H]2O[C@H]3[C@H](O)[C@@H](O)[C@@H](O[C@H]4[C@H](O)[C@@H](O)[C@@H](O[C@H]5[C@H](O)[C@@H](O)[C@H]6O[C@H]7[C@H](O)[C@@H](O)[C@@H](O[C@H]8[C@H](O)[C@@H](O)[C@@H](O[C@H]9[C@H](O)[C@@H](O)[C@@H](O[C@H]%10[C@H](O)[C@@H](O)[C@@H](O[C@H]1[C@H](O)[C@H]2O)O[C@@H]%10CSCCC(=O)[O-])O[C@@H]9CSCCC(=O)[O-])O[C@@H]8CSCCC(=O)[O-])O[C@@H]7CSC[C@H]5O6)O[C@@H]4CSCCC(=O)[O-])O[C@@H]3CSCCC(=O)[O-].[Na+].[Na+].[Na+].[Na+].[Na+].[Na+]. The van der Waals surface area contributed by atoms with Gasteiger partial charge in [0.1, 0.15) is 146 Å². The zero-order valence-electron chi connectivity index (χ0n) is 67.7. The van der Waals surface area contributed by atoms with Crippen LogP contribution >= 0.6 is 82.3 Å². The predicted molar refractivity (Wildman–Crippen MR) is 383 cm³/mol. The van der Waals surface area contributed by atoms with Gasteiger partial charge in [0, 0.05) is 81.8 Å². The summed E-state index contributed by atoms with van der Waals surface area (Å²) in [5.74, 6) is -12.7. The zero-order valence-corrected chi connectivity index (χ0v) is 85.4. The van der Waals surface area contributed by atoms with Crippen LogP contribution in [0.15, 0.2) is 0 Å². The molecule has 0 radical (unpaired) electrons. The third-order valence-corrected chi connectivity index (χ3v) is 27.9. The number of carbonyl (C=O) groups is 6. The Labute approximate surface area is 866 Å². The predicted octanol–water partition coefficient (Wildman–Crippen LogP) is -34.3. The van der Waals surface area contributed by atoms with Crippen LogP contribution in [0.5, 0.6) is 0 Å². The van der Waals surface area contributed by atoms with Gasteiger partial charge in [-0.3, -0.25) is 0 Å². The van der Waals surface area contributed by atoms with Crippen molar-refractivity contribution < 1.29 is 394 Å². The summed E-state index contributed by atoms with van der Waals surface area (Å²) in [6, 6.07) is 0. The Bertz CT molecular complexity index is 3130. The first-order valence-electron chi connectivity index (χ1n) is 37.2. The van der Waals surface area contributed by atoms with Crippen LogP contribution in [0.25, 0.3) is 0 Å². The molecule has 24 aliphatic rings. The van der Waals surface area contributed by atoms with E-state index in [0.717, 1.165) is 82.3 Å². The van der Waals surface area contributed by atoms with Gasteiger partial charge < -0.3 is 217 Å². The molecule has 0 aromatic heterocycles. The van der Waals surface area contributed by atoms with Gasteiger partial charge in [0.15, 0.2) is 50.3 Å². The van der Waals surface area contributed by atoms with Crippen LogP contribution in [0.1, 0.15) is 38.5 Å². The molecule has 44 nitrogen and oxygen atoms in total. The van der Waals surface area contributed by atoms with Crippen molar-refractivity contribution in [1.82, 2.24) is 0 Å². The summed E-state index contributed by atoms with van der Waals surface area (Å²) in [4.78, 5) is 69.6. The minimum absolute atomic E-state index is 0. The Balaban J connectivity index is 0.00000529. The van der Waals surface area contributed by atoms with Gasteiger partial charge in [-0.05, 0) is 73.0 Å². The Hall–Kier alpha value is 3.99. The summed E-state index contributed by atoms with van der Waals surface area (Å²) < 4.78 is 99.3. The smallest absolute Gasteiger partial charge is 0.550 e. The minimum atomic E-state index is -2.32. The Morgan fingerprint density at radius 2 is 0.358 bits per heavy atom. The maximum atomic E-state index is 12.2. The zero-order chi connectivity index (χ0) is 85.0. The normalized spacial score (nSPS) is 42.6. The van der Waals surface area contributed by atoms with E-state index in [9.17, 15) is 141 Å². The second-order valence-electron chi connectivity index (χ2n) is 28.7. The molecule has 0 aliphatic carbocycles. The van der Waals surface area contributed by atoms with Crippen LogP contribution in [0.2, 0.25) is 0 Å². The van der Waals surface area contributed by atoms with Crippen LogP contribution in [-0.2, 0) is 105 Å². The van der Waals surface area contributed by atoms with E-state index in [1.165, 1.54) is 0 Å². The largest absolute Gasteiger partial charge is 1.00 e. The first-order valence-corrected chi connectivity index (χ1v) is 45.3. The number of aliphatic carboxylic acids is 6. The van der Waals surface area contributed by atoms with Gasteiger partial charge in [-0.25, -0.2) is 0 Å². The first-order chi connectivity index (χ1) is 55.6. The molecule has 0 aromatic rings. The van der Waals surface area contributed by atoms with E-state index in [0.29, 0.717) is 0 Å². The summed E-state index contributed by atoms with van der Waals surface area (Å²) in [5, 5.41) is 262. The Morgan fingerprint density at radius 1 is 0.220 bits per heavy atom. The second kappa shape index (κ2) is 57.5. The molecule has 40 atom stereocenters. The number of thioether (sulfide) groups is 7. The summed E-state index contributed by atoms with van der Waals surface area (Å²) in [6.45, 7) is 0. The van der Waals surface area contributed by atoms with E-state index in [1.54, 1.807) is 0 Å². The number of aliphatic hydroxyl groups is 16. The summed E-state index contributed by atoms with van der Waals surface area (Å²) in [5.41, 5.74) is 0. The number of rotatable bonds is 30. The van der Waals surface area contributed by atoms with Gasteiger partial charge >= 0.3 is 177 Å². The molecule has 672 valence electrons. The van der Waals surface area contributed by atoms with Gasteiger partial charge in [0.25, 0.3) is 0 Å². The number of aliphatic hydroxyl groups excluding tert-OH is 16. The van der Waals surface area contributed by atoms with Gasteiger partial charge in [-0.1, -0.05) is 0 Å². The minimum Gasteiger partial charge on any atom is -0.550 e. The monoisotopic (exact) mass is 1950 g/mol. The molecule has 24 rings (SSSR count).